The fourth-order valence-electron chi connectivity index (χ4n) is 2.34. The highest BCUT2D eigenvalue weighted by Gasteiger charge is 2.18. The molecule has 10 nitrogen and oxygen atoms in total. The van der Waals surface area contributed by atoms with Crippen LogP contribution in [0.5, 0.6) is 0 Å². The lowest BCUT2D eigenvalue weighted by Gasteiger charge is -2.08. The Morgan fingerprint density at radius 2 is 1.37 bits per heavy atom. The van der Waals surface area contributed by atoms with Crippen LogP contribution in [-0.2, 0) is 28.7 Å². The third-order valence-corrected chi connectivity index (χ3v) is 7.25. The zero-order valence-corrected chi connectivity index (χ0v) is 21.1. The summed E-state index contributed by atoms with van der Waals surface area (Å²) in [4.78, 5) is 24.7. The van der Waals surface area contributed by atoms with Gasteiger partial charge in [0.25, 0.3) is 19.1 Å². The Balaban J connectivity index is 0.000000258. The standard InChI is InChI=1S/C11H10FN3O3S2.C8H7ClFNO3S/c1-7(16)14-10-3-2-8(6-9(10)12)20(17,18)15-11-13-4-5-19-11;1-5(12)11-8-3-2-6(4-7(8)10)15(9,13)14/h2-6H,1H3,(H,13,15)(H,14,16);2-4H,1H3,(H,11,12). The van der Waals surface area contributed by atoms with Gasteiger partial charge in [-0.25, -0.2) is 30.6 Å². The van der Waals surface area contributed by atoms with E-state index in [1.54, 1.807) is 5.38 Å². The van der Waals surface area contributed by atoms with E-state index in [-0.39, 0.29) is 26.3 Å². The van der Waals surface area contributed by atoms with Crippen molar-refractivity contribution in [2.24, 2.45) is 0 Å². The van der Waals surface area contributed by atoms with Crippen molar-refractivity contribution in [1.29, 1.82) is 0 Å². The van der Waals surface area contributed by atoms with Gasteiger partial charge in [-0.05, 0) is 36.4 Å². The molecule has 0 aliphatic carbocycles. The molecule has 3 aromatic rings. The molecule has 0 fully saturated rings. The summed E-state index contributed by atoms with van der Waals surface area (Å²) in [7, 11) is -2.85. The zero-order chi connectivity index (χ0) is 26.4. The van der Waals surface area contributed by atoms with Crippen LogP contribution in [0.1, 0.15) is 13.8 Å². The molecule has 0 aliphatic heterocycles. The summed E-state index contributed by atoms with van der Waals surface area (Å²) in [6.45, 7) is 2.44. The number of nitrogens with zero attached hydrogens (tertiary/aromatic N) is 1. The monoisotopic (exact) mass is 566 g/mol. The Bertz CT molecular complexity index is 1450. The van der Waals surface area contributed by atoms with Crippen LogP contribution in [0.25, 0.3) is 0 Å². The molecule has 0 unspecified atom stereocenters. The highest BCUT2D eigenvalue weighted by atomic mass is 35.7. The molecule has 2 aromatic carbocycles. The Kier molecular flexibility index (Phi) is 9.25. The molecular formula is C19H17ClF2N4O6S3. The topological polar surface area (TPSA) is 151 Å². The second-order valence-electron chi connectivity index (χ2n) is 6.53. The van der Waals surface area contributed by atoms with Crippen molar-refractivity contribution in [2.75, 3.05) is 15.4 Å². The second kappa shape index (κ2) is 11.5. The van der Waals surface area contributed by atoms with E-state index in [1.165, 1.54) is 32.2 Å². The number of amides is 2. The van der Waals surface area contributed by atoms with E-state index < -0.39 is 42.5 Å². The summed E-state index contributed by atoms with van der Waals surface area (Å²) in [5, 5.41) is 6.26. The molecule has 3 N–H and O–H groups in total. The number of carbonyl (C=O) groups is 2. The van der Waals surface area contributed by atoms with Crippen molar-refractivity contribution in [3.05, 3.63) is 59.6 Å². The van der Waals surface area contributed by atoms with Gasteiger partial charge in [-0.2, -0.15) is 0 Å². The van der Waals surface area contributed by atoms with Crippen molar-refractivity contribution in [1.82, 2.24) is 4.98 Å². The molecular weight excluding hydrogens is 550 g/mol. The Morgan fingerprint density at radius 1 is 0.886 bits per heavy atom. The molecule has 0 bridgehead atoms. The summed E-state index contributed by atoms with van der Waals surface area (Å²) in [6.07, 6.45) is 1.45. The van der Waals surface area contributed by atoms with Gasteiger partial charge in [-0.1, -0.05) is 0 Å². The number of aromatic nitrogens is 1. The molecule has 3 rings (SSSR count). The van der Waals surface area contributed by atoms with Crippen LogP contribution in [0.4, 0.5) is 25.3 Å². The highest BCUT2D eigenvalue weighted by Crippen LogP contribution is 2.23. The third-order valence-electron chi connectivity index (χ3n) is 3.75. The molecule has 0 saturated carbocycles. The van der Waals surface area contributed by atoms with Gasteiger partial charge in [-0.15, -0.1) is 11.3 Å². The van der Waals surface area contributed by atoms with Crippen molar-refractivity contribution in [3.8, 4) is 0 Å². The SMILES string of the molecule is CC(=O)Nc1ccc(S(=O)(=O)Cl)cc1F.CC(=O)Nc1ccc(S(=O)(=O)Nc2nccs2)cc1F. The van der Waals surface area contributed by atoms with Gasteiger partial charge in [0.05, 0.1) is 21.2 Å². The van der Waals surface area contributed by atoms with Crippen molar-refractivity contribution < 1.29 is 35.2 Å². The van der Waals surface area contributed by atoms with Crippen molar-refractivity contribution in [2.45, 2.75) is 23.6 Å². The molecule has 188 valence electrons. The third kappa shape index (κ3) is 8.54. The Morgan fingerprint density at radius 3 is 1.77 bits per heavy atom. The van der Waals surface area contributed by atoms with Gasteiger partial charge in [0.1, 0.15) is 11.6 Å². The first-order valence-corrected chi connectivity index (χ1v) is 13.9. The second-order valence-corrected chi connectivity index (χ2v) is 11.7. The largest absolute Gasteiger partial charge is 0.324 e. The number of benzene rings is 2. The average molecular weight is 567 g/mol. The maximum atomic E-state index is 13.7. The molecule has 2 amide bonds. The predicted octanol–water partition coefficient (Wildman–Crippen LogP) is 3.75. The van der Waals surface area contributed by atoms with Gasteiger partial charge in [0.15, 0.2) is 5.13 Å². The molecule has 0 atom stereocenters. The first-order valence-electron chi connectivity index (χ1n) is 9.20. The van der Waals surface area contributed by atoms with Crippen molar-refractivity contribution in [3.63, 3.8) is 0 Å². The molecule has 16 heteroatoms. The molecule has 1 aromatic heterocycles. The van der Waals surface area contributed by atoms with E-state index in [4.69, 9.17) is 10.7 Å². The Labute approximate surface area is 207 Å². The number of hydrogen-bond donors (Lipinski definition) is 3. The smallest absolute Gasteiger partial charge is 0.263 e. The number of halogens is 3. The highest BCUT2D eigenvalue weighted by molar-refractivity contribution is 8.13. The van der Waals surface area contributed by atoms with Crippen LogP contribution in [0.2, 0.25) is 0 Å². The molecule has 0 radical (unpaired) electrons. The molecule has 1 heterocycles. The fraction of sp³-hybridized carbons (Fsp3) is 0.105. The number of anilines is 3. The minimum atomic E-state index is -3.95. The summed E-state index contributed by atoms with van der Waals surface area (Å²) in [6, 6.07) is 6.20. The van der Waals surface area contributed by atoms with Crippen LogP contribution >= 0.6 is 22.0 Å². The van der Waals surface area contributed by atoms with Crippen LogP contribution in [0.15, 0.2) is 57.8 Å². The van der Waals surface area contributed by atoms with Gasteiger partial charge < -0.3 is 10.6 Å². The van der Waals surface area contributed by atoms with E-state index >= 15 is 0 Å². The number of rotatable bonds is 6. The summed E-state index contributed by atoms with van der Waals surface area (Å²) in [5.41, 5.74) is -0.169. The minimum absolute atomic E-state index is 0.0781. The van der Waals surface area contributed by atoms with Crippen LogP contribution in [-0.4, -0.2) is 33.6 Å². The normalized spacial score (nSPS) is 11.1. The lowest BCUT2D eigenvalue weighted by Crippen LogP contribution is -2.14. The first kappa shape index (κ1) is 28.1. The molecule has 0 spiro atoms. The van der Waals surface area contributed by atoms with Crippen LogP contribution < -0.4 is 15.4 Å². The van der Waals surface area contributed by atoms with Crippen LogP contribution in [0.3, 0.4) is 0 Å². The number of hydrogen-bond acceptors (Lipinski definition) is 8. The number of thiazole rings is 1. The summed E-state index contributed by atoms with van der Waals surface area (Å²) in [5.74, 6) is -2.58. The number of sulfonamides is 1. The summed E-state index contributed by atoms with van der Waals surface area (Å²) < 4.78 is 74.8. The predicted molar refractivity (Wildman–Crippen MR) is 127 cm³/mol. The van der Waals surface area contributed by atoms with Crippen LogP contribution in [0, 0.1) is 11.6 Å². The van der Waals surface area contributed by atoms with Gasteiger partial charge >= 0.3 is 0 Å². The lowest BCUT2D eigenvalue weighted by molar-refractivity contribution is -0.115. The fourth-order valence-corrected chi connectivity index (χ4v) is 4.90. The minimum Gasteiger partial charge on any atom is -0.324 e. The molecule has 35 heavy (non-hydrogen) atoms. The number of carbonyl (C=O) groups excluding carboxylic acids is 2. The Hall–Kier alpha value is -3.14. The van der Waals surface area contributed by atoms with E-state index in [1.807, 2.05) is 0 Å². The van der Waals surface area contributed by atoms with Gasteiger partial charge in [0.2, 0.25) is 11.8 Å². The maximum Gasteiger partial charge on any atom is 0.263 e. The number of nitrogens with one attached hydrogen (secondary N) is 3. The van der Waals surface area contributed by atoms with Gasteiger partial charge in [-0.3, -0.25) is 14.3 Å². The van der Waals surface area contributed by atoms with E-state index in [0.717, 1.165) is 35.6 Å². The summed E-state index contributed by atoms with van der Waals surface area (Å²) >= 11 is 1.11. The maximum absolute atomic E-state index is 13.7. The first-order chi connectivity index (χ1) is 16.2. The zero-order valence-electron chi connectivity index (χ0n) is 17.9. The quantitative estimate of drug-likeness (QED) is 0.384. The van der Waals surface area contributed by atoms with E-state index in [0.29, 0.717) is 0 Å². The average Bonchev–Trinajstić information content (AvgIpc) is 3.22. The van der Waals surface area contributed by atoms with Gasteiger partial charge in [0, 0.05) is 36.1 Å². The lowest BCUT2D eigenvalue weighted by atomic mass is 10.3. The van der Waals surface area contributed by atoms with E-state index in [9.17, 15) is 35.2 Å². The van der Waals surface area contributed by atoms with E-state index in [2.05, 4.69) is 20.3 Å². The van der Waals surface area contributed by atoms with Crippen molar-refractivity contribution >= 4 is 69.4 Å². The molecule has 0 aliphatic rings. The molecule has 0 saturated heterocycles.